The van der Waals surface area contributed by atoms with Crippen molar-refractivity contribution in [3.63, 3.8) is 0 Å². The lowest BCUT2D eigenvalue weighted by atomic mass is 9.95. The molecule has 0 radical (unpaired) electrons. The molecule has 0 aromatic carbocycles. The number of nitrogens with one attached hydrogen (secondary N) is 3. The van der Waals surface area contributed by atoms with Gasteiger partial charge >= 0.3 is 0 Å². The Morgan fingerprint density at radius 2 is 2.00 bits per heavy atom. The molecule has 1 aromatic heterocycles. The van der Waals surface area contributed by atoms with Gasteiger partial charge in [-0.25, -0.2) is 0 Å². The average molecular weight is 378 g/mol. The van der Waals surface area contributed by atoms with Gasteiger partial charge < -0.3 is 20.5 Å². The minimum Gasteiger partial charge on any atom is -0.359 e. The van der Waals surface area contributed by atoms with E-state index in [1.807, 2.05) is 6.07 Å². The molecule has 0 spiro atoms. The molecule has 0 saturated heterocycles. The highest BCUT2D eigenvalue weighted by molar-refractivity contribution is 5.81. The number of hydrogen-bond donors (Lipinski definition) is 3. The summed E-state index contributed by atoms with van der Waals surface area (Å²) in [6.45, 7) is 5.39. The Hall–Kier alpha value is -2.05. The van der Waals surface area contributed by atoms with Crippen LogP contribution >= 0.6 is 0 Å². The molecule has 3 N–H and O–H groups in total. The first-order valence-electron chi connectivity index (χ1n) is 10.4. The van der Waals surface area contributed by atoms with E-state index in [9.17, 15) is 4.79 Å². The average Bonchev–Trinajstić information content (AvgIpc) is 3.15. The van der Waals surface area contributed by atoms with Gasteiger partial charge in [0.15, 0.2) is 11.7 Å². The highest BCUT2D eigenvalue weighted by Gasteiger charge is 2.16. The van der Waals surface area contributed by atoms with Crippen LogP contribution in [0.2, 0.25) is 0 Å². The first-order chi connectivity index (χ1) is 13.2. The maximum absolute atomic E-state index is 12.0. The fraction of sp³-hybridized carbons (Fsp3) is 0.750. The molecule has 1 saturated carbocycles. The van der Waals surface area contributed by atoms with Gasteiger partial charge in [-0.3, -0.25) is 9.79 Å². The number of carbonyl (C=O) groups is 1. The maximum Gasteiger partial charge on any atom is 0.221 e. The number of aromatic nitrogens is 1. The Balaban J connectivity index is 1.67. The summed E-state index contributed by atoms with van der Waals surface area (Å²) in [6.07, 6.45) is 8.51. The van der Waals surface area contributed by atoms with Crippen molar-refractivity contribution in [1.82, 2.24) is 21.1 Å². The summed E-state index contributed by atoms with van der Waals surface area (Å²) in [6, 6.07) is 2.37. The highest BCUT2D eigenvalue weighted by Crippen LogP contribution is 2.22. The predicted octanol–water partition coefficient (Wildman–Crippen LogP) is 3.08. The lowest BCUT2D eigenvalue weighted by Crippen LogP contribution is -2.41. The van der Waals surface area contributed by atoms with E-state index in [0.717, 1.165) is 37.1 Å². The molecule has 0 unspecified atom stereocenters. The number of guanidine groups is 1. The Bertz CT molecular complexity index is 589. The maximum atomic E-state index is 12.0. The van der Waals surface area contributed by atoms with Crippen molar-refractivity contribution in [2.75, 3.05) is 13.6 Å². The fourth-order valence-corrected chi connectivity index (χ4v) is 3.54. The molecule has 152 valence electrons. The van der Waals surface area contributed by atoms with Crippen LogP contribution in [0, 0.1) is 0 Å². The van der Waals surface area contributed by atoms with E-state index in [4.69, 9.17) is 4.52 Å². The van der Waals surface area contributed by atoms with E-state index in [1.54, 1.807) is 7.05 Å². The zero-order chi connectivity index (χ0) is 19.5. The monoisotopic (exact) mass is 377 g/mol. The normalized spacial score (nSPS) is 15.8. The largest absolute Gasteiger partial charge is 0.359 e. The van der Waals surface area contributed by atoms with Crippen LogP contribution in [-0.4, -0.2) is 36.7 Å². The minimum atomic E-state index is 0.106. The van der Waals surface area contributed by atoms with E-state index in [-0.39, 0.29) is 5.91 Å². The predicted molar refractivity (Wildman–Crippen MR) is 108 cm³/mol. The van der Waals surface area contributed by atoms with Crippen LogP contribution in [0.25, 0.3) is 0 Å². The van der Waals surface area contributed by atoms with Gasteiger partial charge in [0.25, 0.3) is 0 Å². The molecule has 1 fully saturated rings. The molecule has 1 aromatic rings. The number of rotatable bonds is 9. The fourth-order valence-electron chi connectivity index (χ4n) is 3.54. The van der Waals surface area contributed by atoms with Gasteiger partial charge in [0.1, 0.15) is 0 Å². The van der Waals surface area contributed by atoms with Crippen molar-refractivity contribution in [3.05, 3.63) is 17.5 Å². The van der Waals surface area contributed by atoms with Crippen LogP contribution in [0.5, 0.6) is 0 Å². The molecule has 1 amide bonds. The van der Waals surface area contributed by atoms with Crippen molar-refractivity contribution in [3.8, 4) is 0 Å². The lowest BCUT2D eigenvalue weighted by molar-refractivity contribution is -0.121. The molecule has 7 heteroatoms. The van der Waals surface area contributed by atoms with Crippen molar-refractivity contribution < 1.29 is 9.32 Å². The first kappa shape index (κ1) is 21.3. The summed E-state index contributed by atoms with van der Waals surface area (Å²) in [5.41, 5.74) is 1.01. The van der Waals surface area contributed by atoms with Crippen LogP contribution < -0.4 is 16.0 Å². The summed E-state index contributed by atoms with van der Waals surface area (Å²) < 4.78 is 5.41. The molecule has 1 heterocycles. The molecule has 0 aliphatic heterocycles. The summed E-state index contributed by atoms with van der Waals surface area (Å²) in [4.78, 5) is 16.2. The van der Waals surface area contributed by atoms with Crippen LogP contribution in [0.15, 0.2) is 15.6 Å². The molecular weight excluding hydrogens is 342 g/mol. The summed E-state index contributed by atoms with van der Waals surface area (Å²) in [7, 11) is 1.72. The molecule has 1 aliphatic carbocycles. The van der Waals surface area contributed by atoms with Gasteiger partial charge in [0.2, 0.25) is 5.91 Å². The second kappa shape index (κ2) is 11.6. The molecule has 0 bridgehead atoms. The standard InChI is InChI=1S/C20H35N5O2/c1-4-15(5-2)18-13-17(27-25-18)14-23-20(21-3)22-12-11-19(26)24-16-9-7-6-8-10-16/h13,15-16H,4-12,14H2,1-3H3,(H,24,26)(H2,21,22,23). The molecule has 0 atom stereocenters. The van der Waals surface area contributed by atoms with Crippen molar-refractivity contribution in [2.45, 2.75) is 83.7 Å². The van der Waals surface area contributed by atoms with E-state index < -0.39 is 0 Å². The number of amides is 1. The van der Waals surface area contributed by atoms with Crippen LogP contribution in [0.4, 0.5) is 0 Å². The number of nitrogens with zero attached hydrogens (tertiary/aromatic N) is 2. The third-order valence-electron chi connectivity index (χ3n) is 5.25. The number of hydrogen-bond acceptors (Lipinski definition) is 4. The van der Waals surface area contributed by atoms with Crippen molar-refractivity contribution >= 4 is 11.9 Å². The second-order valence-corrected chi connectivity index (χ2v) is 7.24. The number of carbonyl (C=O) groups excluding carboxylic acids is 1. The Kier molecular flexibility index (Phi) is 9.15. The third kappa shape index (κ3) is 7.23. The summed E-state index contributed by atoms with van der Waals surface area (Å²) in [5.74, 6) is 1.99. The Labute approximate surface area is 162 Å². The molecule has 7 nitrogen and oxygen atoms in total. The third-order valence-corrected chi connectivity index (χ3v) is 5.25. The lowest BCUT2D eigenvalue weighted by Gasteiger charge is -2.22. The first-order valence-corrected chi connectivity index (χ1v) is 10.4. The SMILES string of the molecule is CCC(CC)c1cc(CNC(=NC)NCCC(=O)NC2CCCCC2)on1. The van der Waals surface area contributed by atoms with E-state index in [1.165, 1.54) is 19.3 Å². The molecular formula is C20H35N5O2. The second-order valence-electron chi connectivity index (χ2n) is 7.24. The van der Waals surface area contributed by atoms with E-state index in [2.05, 4.69) is 39.9 Å². The topological polar surface area (TPSA) is 91.5 Å². The summed E-state index contributed by atoms with van der Waals surface area (Å²) >= 11 is 0. The molecule has 2 rings (SSSR count). The molecule has 1 aliphatic rings. The Morgan fingerprint density at radius 1 is 1.26 bits per heavy atom. The van der Waals surface area contributed by atoms with Crippen LogP contribution in [0.1, 0.15) is 82.6 Å². The van der Waals surface area contributed by atoms with Gasteiger partial charge in [0, 0.05) is 38.0 Å². The Morgan fingerprint density at radius 3 is 2.67 bits per heavy atom. The van der Waals surface area contributed by atoms with Gasteiger partial charge in [-0.2, -0.15) is 0 Å². The number of aliphatic imine (C=N–C) groups is 1. The van der Waals surface area contributed by atoms with Crippen LogP contribution in [-0.2, 0) is 11.3 Å². The quantitative estimate of drug-likeness (QED) is 0.454. The molecule has 27 heavy (non-hydrogen) atoms. The van der Waals surface area contributed by atoms with Crippen molar-refractivity contribution in [1.29, 1.82) is 0 Å². The van der Waals surface area contributed by atoms with Gasteiger partial charge in [-0.05, 0) is 25.7 Å². The zero-order valence-corrected chi connectivity index (χ0v) is 17.0. The van der Waals surface area contributed by atoms with Gasteiger partial charge in [0.05, 0.1) is 12.2 Å². The smallest absolute Gasteiger partial charge is 0.221 e. The van der Waals surface area contributed by atoms with E-state index in [0.29, 0.717) is 37.4 Å². The zero-order valence-electron chi connectivity index (χ0n) is 17.0. The van der Waals surface area contributed by atoms with Crippen molar-refractivity contribution in [2.24, 2.45) is 4.99 Å². The minimum absolute atomic E-state index is 0.106. The van der Waals surface area contributed by atoms with Crippen LogP contribution in [0.3, 0.4) is 0 Å². The van der Waals surface area contributed by atoms with E-state index >= 15 is 0 Å². The summed E-state index contributed by atoms with van der Waals surface area (Å²) in [5, 5.41) is 13.7. The van der Waals surface area contributed by atoms with Gasteiger partial charge in [-0.1, -0.05) is 38.3 Å². The van der Waals surface area contributed by atoms with Gasteiger partial charge in [-0.15, -0.1) is 0 Å². The highest BCUT2D eigenvalue weighted by atomic mass is 16.5.